The molecule has 2 atom stereocenters. The fourth-order valence-electron chi connectivity index (χ4n) is 4.72. The third-order valence-electron chi connectivity index (χ3n) is 5.87. The number of hydrogen-bond acceptors (Lipinski definition) is 4. The molecule has 0 spiro atoms. The van der Waals surface area contributed by atoms with Gasteiger partial charge in [-0.15, -0.1) is 0 Å². The fourth-order valence-corrected chi connectivity index (χ4v) is 4.72. The van der Waals surface area contributed by atoms with Crippen LogP contribution in [0, 0.1) is 11.8 Å². The maximum atomic E-state index is 11.0. The summed E-state index contributed by atoms with van der Waals surface area (Å²) in [5.74, 6) is 1.56. The van der Waals surface area contributed by atoms with Crippen molar-refractivity contribution in [3.8, 4) is 5.75 Å². The van der Waals surface area contributed by atoms with E-state index in [9.17, 15) is 10.2 Å². The molecule has 25 heavy (non-hydrogen) atoms. The van der Waals surface area contributed by atoms with Crippen molar-refractivity contribution in [1.29, 1.82) is 0 Å². The lowest BCUT2D eigenvalue weighted by Crippen LogP contribution is -2.32. The van der Waals surface area contributed by atoms with Crippen LogP contribution < -0.4 is 0 Å². The Labute approximate surface area is 149 Å². The van der Waals surface area contributed by atoms with Gasteiger partial charge in [-0.3, -0.25) is 4.98 Å². The van der Waals surface area contributed by atoms with E-state index in [1.54, 1.807) is 24.5 Å². The Balaban J connectivity index is 1.29. The Kier molecular flexibility index (Phi) is 4.48. The Morgan fingerprint density at radius 1 is 0.960 bits per heavy atom. The lowest BCUT2D eigenvalue weighted by atomic mass is 9.92. The zero-order valence-electron chi connectivity index (χ0n) is 14.5. The maximum Gasteiger partial charge on any atom is 0.115 e. The van der Waals surface area contributed by atoms with Gasteiger partial charge >= 0.3 is 0 Å². The third-order valence-corrected chi connectivity index (χ3v) is 5.87. The number of pyridine rings is 1. The summed E-state index contributed by atoms with van der Waals surface area (Å²) < 4.78 is 0. The predicted octanol–water partition coefficient (Wildman–Crippen LogP) is 2.65. The summed E-state index contributed by atoms with van der Waals surface area (Å²) in [5, 5.41) is 20.4. The van der Waals surface area contributed by atoms with E-state index in [1.165, 1.54) is 11.1 Å². The summed E-state index contributed by atoms with van der Waals surface area (Å²) in [4.78, 5) is 6.59. The first-order valence-electron chi connectivity index (χ1n) is 9.21. The minimum atomic E-state index is -0.542. The molecule has 4 nitrogen and oxygen atoms in total. The first-order chi connectivity index (χ1) is 12.1. The normalized spacial score (nSPS) is 29.0. The second kappa shape index (κ2) is 6.77. The standard InChI is InChI=1S/C21H26N2O2/c24-20-3-1-16(2-4-20)7-10-23-14-18-12-21(25,13-19(18)15-23)11-17-5-8-22-9-6-17/h1-6,8-9,18-19,24-25H,7,10-15H2. The van der Waals surface area contributed by atoms with Crippen LogP contribution in [0.2, 0.25) is 0 Å². The second-order valence-electron chi connectivity index (χ2n) is 7.86. The Morgan fingerprint density at radius 2 is 1.60 bits per heavy atom. The number of phenolic OH excluding ortho intramolecular Hbond substituents is 1. The van der Waals surface area contributed by atoms with Crippen LogP contribution in [0.5, 0.6) is 5.75 Å². The number of aromatic nitrogens is 1. The van der Waals surface area contributed by atoms with Gasteiger partial charge in [0.2, 0.25) is 0 Å². The number of aliphatic hydroxyl groups is 1. The molecule has 4 rings (SSSR count). The predicted molar refractivity (Wildman–Crippen MR) is 97.4 cm³/mol. The van der Waals surface area contributed by atoms with Gasteiger partial charge in [-0.1, -0.05) is 12.1 Å². The third kappa shape index (κ3) is 3.86. The SMILES string of the molecule is Oc1ccc(CCN2CC3CC(O)(Cc4ccncc4)CC3C2)cc1. The Hall–Kier alpha value is -1.91. The van der Waals surface area contributed by atoms with Crippen molar-refractivity contribution in [3.05, 3.63) is 59.9 Å². The van der Waals surface area contributed by atoms with Gasteiger partial charge in [0.05, 0.1) is 5.60 Å². The molecule has 1 aromatic carbocycles. The van der Waals surface area contributed by atoms with Crippen LogP contribution in [-0.2, 0) is 12.8 Å². The van der Waals surface area contributed by atoms with Crippen molar-refractivity contribution in [1.82, 2.24) is 9.88 Å². The van der Waals surface area contributed by atoms with E-state index in [1.807, 2.05) is 24.3 Å². The van der Waals surface area contributed by atoms with Crippen molar-refractivity contribution in [2.75, 3.05) is 19.6 Å². The molecule has 2 aromatic rings. The van der Waals surface area contributed by atoms with E-state index in [2.05, 4.69) is 9.88 Å². The smallest absolute Gasteiger partial charge is 0.115 e. The second-order valence-corrected chi connectivity index (χ2v) is 7.86. The molecule has 2 N–H and O–H groups in total. The number of nitrogens with zero attached hydrogens (tertiary/aromatic N) is 2. The summed E-state index contributed by atoms with van der Waals surface area (Å²) in [7, 11) is 0. The van der Waals surface area contributed by atoms with Gasteiger partial charge in [-0.25, -0.2) is 0 Å². The maximum absolute atomic E-state index is 11.0. The van der Waals surface area contributed by atoms with Gasteiger partial charge < -0.3 is 15.1 Å². The quantitative estimate of drug-likeness (QED) is 0.880. The number of rotatable bonds is 5. The molecule has 0 radical (unpaired) electrons. The largest absolute Gasteiger partial charge is 0.508 e. The van der Waals surface area contributed by atoms with Crippen LogP contribution in [0.25, 0.3) is 0 Å². The minimum Gasteiger partial charge on any atom is -0.508 e. The van der Waals surface area contributed by atoms with Crippen molar-refractivity contribution in [2.45, 2.75) is 31.3 Å². The molecule has 2 unspecified atom stereocenters. The molecular weight excluding hydrogens is 312 g/mol. The number of benzene rings is 1. The zero-order valence-corrected chi connectivity index (χ0v) is 14.5. The summed E-state index contributed by atoms with van der Waals surface area (Å²) >= 11 is 0. The van der Waals surface area contributed by atoms with Crippen LogP contribution in [-0.4, -0.2) is 45.3 Å². The molecule has 2 fully saturated rings. The lowest BCUT2D eigenvalue weighted by molar-refractivity contribution is 0.0355. The number of aromatic hydroxyl groups is 1. The van der Waals surface area contributed by atoms with E-state index in [0.29, 0.717) is 17.6 Å². The molecule has 1 saturated heterocycles. The first kappa shape index (κ1) is 16.6. The minimum absolute atomic E-state index is 0.327. The molecule has 2 heterocycles. The van der Waals surface area contributed by atoms with E-state index in [-0.39, 0.29) is 0 Å². The van der Waals surface area contributed by atoms with E-state index in [0.717, 1.165) is 45.3 Å². The van der Waals surface area contributed by atoms with Crippen molar-refractivity contribution < 1.29 is 10.2 Å². The van der Waals surface area contributed by atoms with Crippen LogP contribution in [0.3, 0.4) is 0 Å². The summed E-state index contributed by atoms with van der Waals surface area (Å²) in [6, 6.07) is 11.5. The highest BCUT2D eigenvalue weighted by Gasteiger charge is 2.47. The highest BCUT2D eigenvalue weighted by molar-refractivity contribution is 5.26. The van der Waals surface area contributed by atoms with Gasteiger partial charge in [-0.2, -0.15) is 0 Å². The van der Waals surface area contributed by atoms with E-state index in [4.69, 9.17) is 0 Å². The van der Waals surface area contributed by atoms with Gasteiger partial charge in [0.1, 0.15) is 5.75 Å². The van der Waals surface area contributed by atoms with Crippen LogP contribution >= 0.6 is 0 Å². The fraction of sp³-hybridized carbons (Fsp3) is 0.476. The molecule has 1 aromatic heterocycles. The molecule has 1 aliphatic heterocycles. The zero-order chi connectivity index (χ0) is 17.3. The molecule has 4 heteroatoms. The summed E-state index contributed by atoms with van der Waals surface area (Å²) in [6.07, 6.45) is 7.20. The number of fused-ring (bicyclic) bond motifs is 1. The van der Waals surface area contributed by atoms with Gasteiger partial charge in [0.15, 0.2) is 0 Å². The number of likely N-dealkylation sites (tertiary alicyclic amines) is 1. The molecule has 2 aliphatic rings. The average Bonchev–Trinajstić information content (AvgIpc) is 3.09. The van der Waals surface area contributed by atoms with Crippen LogP contribution in [0.4, 0.5) is 0 Å². The number of hydrogen-bond donors (Lipinski definition) is 2. The summed E-state index contributed by atoms with van der Waals surface area (Å²) in [5.41, 5.74) is 1.91. The monoisotopic (exact) mass is 338 g/mol. The van der Waals surface area contributed by atoms with Crippen molar-refractivity contribution in [3.63, 3.8) is 0 Å². The Morgan fingerprint density at radius 3 is 2.24 bits per heavy atom. The average molecular weight is 338 g/mol. The highest BCUT2D eigenvalue weighted by Crippen LogP contribution is 2.45. The van der Waals surface area contributed by atoms with Crippen LogP contribution in [0.1, 0.15) is 24.0 Å². The van der Waals surface area contributed by atoms with E-state index >= 15 is 0 Å². The molecule has 1 aliphatic carbocycles. The van der Waals surface area contributed by atoms with Crippen LogP contribution in [0.15, 0.2) is 48.8 Å². The lowest BCUT2D eigenvalue weighted by Gasteiger charge is -2.26. The molecule has 1 saturated carbocycles. The molecule has 0 amide bonds. The van der Waals surface area contributed by atoms with Crippen molar-refractivity contribution in [2.24, 2.45) is 11.8 Å². The topological polar surface area (TPSA) is 56.6 Å². The Bertz CT molecular complexity index is 688. The van der Waals surface area contributed by atoms with Crippen molar-refractivity contribution >= 4 is 0 Å². The molecule has 132 valence electrons. The summed E-state index contributed by atoms with van der Waals surface area (Å²) in [6.45, 7) is 3.25. The van der Waals surface area contributed by atoms with E-state index < -0.39 is 5.60 Å². The van der Waals surface area contributed by atoms with Gasteiger partial charge in [0, 0.05) is 38.4 Å². The molecular formula is C21H26N2O2. The van der Waals surface area contributed by atoms with Gasteiger partial charge in [-0.05, 0) is 66.5 Å². The molecule has 0 bridgehead atoms. The first-order valence-corrected chi connectivity index (χ1v) is 9.21. The van der Waals surface area contributed by atoms with Gasteiger partial charge in [0.25, 0.3) is 0 Å². The highest BCUT2D eigenvalue weighted by atomic mass is 16.3. The number of phenols is 1.